The lowest BCUT2D eigenvalue weighted by atomic mass is 9.84. The van der Waals surface area contributed by atoms with Crippen LogP contribution in [0.2, 0.25) is 0 Å². The average Bonchev–Trinajstić information content (AvgIpc) is 2.67. The van der Waals surface area contributed by atoms with E-state index in [1.165, 1.54) is 0 Å². The number of rotatable bonds is 2. The van der Waals surface area contributed by atoms with Gasteiger partial charge in [0.2, 0.25) is 5.91 Å². The molecular weight excluding hydrogens is 240 g/mol. The highest BCUT2D eigenvalue weighted by atomic mass is 16.3. The fourth-order valence-electron chi connectivity index (χ4n) is 2.80. The normalized spacial score (nSPS) is 26.4. The molecule has 4 heteroatoms. The van der Waals surface area contributed by atoms with E-state index in [1.807, 2.05) is 26.8 Å². The average molecular weight is 262 g/mol. The summed E-state index contributed by atoms with van der Waals surface area (Å²) in [4.78, 5) is 12.4. The van der Waals surface area contributed by atoms with Crippen LogP contribution in [-0.2, 0) is 4.79 Å². The number of aromatic hydroxyl groups is 1. The molecule has 2 rings (SSSR count). The summed E-state index contributed by atoms with van der Waals surface area (Å²) in [5, 5.41) is 12.9. The summed E-state index contributed by atoms with van der Waals surface area (Å²) in [7, 11) is 0. The van der Waals surface area contributed by atoms with Gasteiger partial charge in [-0.3, -0.25) is 4.79 Å². The maximum Gasteiger partial charge on any atom is 0.231 e. The number of benzene rings is 1. The van der Waals surface area contributed by atoms with Gasteiger partial charge in [0.25, 0.3) is 0 Å². The number of phenolic OH excluding ortho intramolecular Hbond substituents is 1. The zero-order chi connectivity index (χ0) is 14.2. The van der Waals surface area contributed by atoms with Crippen molar-refractivity contribution in [2.45, 2.75) is 46.1 Å². The van der Waals surface area contributed by atoms with E-state index in [4.69, 9.17) is 5.73 Å². The van der Waals surface area contributed by atoms with Gasteiger partial charge < -0.3 is 16.2 Å². The first-order chi connectivity index (χ1) is 8.84. The molecule has 1 amide bonds. The summed E-state index contributed by atoms with van der Waals surface area (Å²) in [5.74, 6) is 0.0342. The van der Waals surface area contributed by atoms with Crippen LogP contribution in [0.25, 0.3) is 0 Å². The van der Waals surface area contributed by atoms with Gasteiger partial charge in [0.1, 0.15) is 5.75 Å². The molecule has 0 aliphatic heterocycles. The van der Waals surface area contributed by atoms with Gasteiger partial charge in [-0.2, -0.15) is 0 Å². The molecule has 104 valence electrons. The number of carbonyl (C=O) groups is 1. The van der Waals surface area contributed by atoms with Crippen molar-refractivity contribution in [2.75, 3.05) is 5.32 Å². The zero-order valence-electron chi connectivity index (χ0n) is 11.8. The lowest BCUT2D eigenvalue weighted by Gasteiger charge is -2.27. The number of nitrogens with two attached hydrogens (primary N) is 1. The molecule has 0 aromatic heterocycles. The molecule has 0 bridgehead atoms. The van der Waals surface area contributed by atoms with E-state index in [9.17, 15) is 9.90 Å². The van der Waals surface area contributed by atoms with Crippen LogP contribution in [-0.4, -0.2) is 17.1 Å². The zero-order valence-corrected chi connectivity index (χ0v) is 11.8. The van der Waals surface area contributed by atoms with E-state index >= 15 is 0 Å². The highest BCUT2D eigenvalue weighted by Gasteiger charge is 2.43. The molecule has 0 saturated heterocycles. The van der Waals surface area contributed by atoms with Crippen molar-refractivity contribution in [3.8, 4) is 5.75 Å². The maximum absolute atomic E-state index is 12.4. The van der Waals surface area contributed by atoms with Crippen LogP contribution < -0.4 is 11.1 Å². The lowest BCUT2D eigenvalue weighted by molar-refractivity contribution is -0.125. The topological polar surface area (TPSA) is 75.3 Å². The molecule has 1 aromatic carbocycles. The summed E-state index contributed by atoms with van der Waals surface area (Å²) in [6.45, 7) is 5.66. The van der Waals surface area contributed by atoms with Crippen molar-refractivity contribution >= 4 is 11.6 Å². The molecule has 0 heterocycles. The number of nitrogens with one attached hydrogen (secondary N) is 1. The Bertz CT molecular complexity index is 513. The smallest absolute Gasteiger partial charge is 0.231 e. The van der Waals surface area contributed by atoms with Crippen LogP contribution in [0.5, 0.6) is 5.75 Å². The predicted molar refractivity (Wildman–Crippen MR) is 76.1 cm³/mol. The molecule has 1 saturated carbocycles. The van der Waals surface area contributed by atoms with Crippen LogP contribution in [0.1, 0.15) is 37.3 Å². The summed E-state index contributed by atoms with van der Waals surface area (Å²) >= 11 is 0. The molecule has 4 nitrogen and oxygen atoms in total. The molecule has 2 unspecified atom stereocenters. The number of hydrogen-bond donors (Lipinski definition) is 3. The molecule has 1 aliphatic rings. The second kappa shape index (κ2) is 4.85. The van der Waals surface area contributed by atoms with E-state index in [0.29, 0.717) is 5.69 Å². The van der Waals surface area contributed by atoms with Crippen molar-refractivity contribution in [3.63, 3.8) is 0 Å². The fourth-order valence-corrected chi connectivity index (χ4v) is 2.80. The SMILES string of the molecule is Cc1cc(C)c(O)c(NC(=O)C2(C)CCCC2N)c1. The largest absolute Gasteiger partial charge is 0.505 e. The lowest BCUT2D eigenvalue weighted by Crippen LogP contribution is -2.44. The van der Waals surface area contributed by atoms with Crippen molar-refractivity contribution in [1.29, 1.82) is 0 Å². The molecule has 1 fully saturated rings. The number of phenols is 1. The quantitative estimate of drug-likeness (QED) is 0.717. The minimum atomic E-state index is -0.538. The van der Waals surface area contributed by atoms with E-state index < -0.39 is 5.41 Å². The fraction of sp³-hybridized carbons (Fsp3) is 0.533. The second-order valence-corrected chi connectivity index (χ2v) is 5.85. The predicted octanol–water partition coefficient (Wildman–Crippen LogP) is 2.47. The number of anilines is 1. The van der Waals surface area contributed by atoms with Crippen molar-refractivity contribution in [3.05, 3.63) is 23.3 Å². The van der Waals surface area contributed by atoms with Gasteiger partial charge in [0, 0.05) is 6.04 Å². The highest BCUT2D eigenvalue weighted by Crippen LogP contribution is 2.39. The molecule has 4 N–H and O–H groups in total. The van der Waals surface area contributed by atoms with E-state index in [-0.39, 0.29) is 17.7 Å². The Morgan fingerprint density at radius 1 is 1.47 bits per heavy atom. The van der Waals surface area contributed by atoms with Gasteiger partial charge in [-0.1, -0.05) is 12.5 Å². The first kappa shape index (κ1) is 13.9. The number of hydrogen-bond acceptors (Lipinski definition) is 3. The van der Waals surface area contributed by atoms with Crippen LogP contribution in [0, 0.1) is 19.3 Å². The summed E-state index contributed by atoms with van der Waals surface area (Å²) < 4.78 is 0. The van der Waals surface area contributed by atoms with Crippen LogP contribution >= 0.6 is 0 Å². The summed E-state index contributed by atoms with van der Waals surface area (Å²) in [6.07, 6.45) is 2.65. The van der Waals surface area contributed by atoms with E-state index in [2.05, 4.69) is 5.32 Å². The third-order valence-corrected chi connectivity index (χ3v) is 4.24. The molecular formula is C15H22N2O2. The third-order valence-electron chi connectivity index (χ3n) is 4.24. The first-order valence-electron chi connectivity index (χ1n) is 6.72. The van der Waals surface area contributed by atoms with Gasteiger partial charge in [-0.15, -0.1) is 0 Å². The summed E-state index contributed by atoms with van der Waals surface area (Å²) in [6, 6.07) is 3.55. The number of aryl methyl sites for hydroxylation is 2. The van der Waals surface area contributed by atoms with Crippen molar-refractivity contribution in [1.82, 2.24) is 0 Å². The Hall–Kier alpha value is -1.55. The highest BCUT2D eigenvalue weighted by molar-refractivity contribution is 5.97. The minimum absolute atomic E-state index is 0.0993. The molecule has 19 heavy (non-hydrogen) atoms. The Kier molecular flexibility index (Phi) is 3.54. The molecule has 1 aliphatic carbocycles. The second-order valence-electron chi connectivity index (χ2n) is 5.85. The third kappa shape index (κ3) is 2.45. The van der Waals surface area contributed by atoms with Crippen LogP contribution in [0.4, 0.5) is 5.69 Å². The van der Waals surface area contributed by atoms with Crippen molar-refractivity contribution < 1.29 is 9.90 Å². The van der Waals surface area contributed by atoms with Gasteiger partial charge in [-0.25, -0.2) is 0 Å². The number of amides is 1. The first-order valence-corrected chi connectivity index (χ1v) is 6.72. The monoisotopic (exact) mass is 262 g/mol. The number of carbonyl (C=O) groups excluding carboxylic acids is 1. The van der Waals surface area contributed by atoms with Crippen molar-refractivity contribution in [2.24, 2.45) is 11.1 Å². The Morgan fingerprint density at radius 3 is 2.74 bits per heavy atom. The van der Waals surface area contributed by atoms with Crippen LogP contribution in [0.3, 0.4) is 0 Å². The van der Waals surface area contributed by atoms with Crippen LogP contribution in [0.15, 0.2) is 12.1 Å². The molecule has 2 atom stereocenters. The van der Waals surface area contributed by atoms with E-state index in [0.717, 1.165) is 30.4 Å². The van der Waals surface area contributed by atoms with Gasteiger partial charge >= 0.3 is 0 Å². The Balaban J connectivity index is 2.24. The molecule has 0 radical (unpaired) electrons. The van der Waals surface area contributed by atoms with E-state index in [1.54, 1.807) is 6.07 Å². The Labute approximate surface area is 114 Å². The summed E-state index contributed by atoms with van der Waals surface area (Å²) in [5.41, 5.74) is 7.75. The van der Waals surface area contributed by atoms with Gasteiger partial charge in [0.05, 0.1) is 11.1 Å². The van der Waals surface area contributed by atoms with Gasteiger partial charge in [0.15, 0.2) is 0 Å². The Morgan fingerprint density at radius 2 is 2.16 bits per heavy atom. The maximum atomic E-state index is 12.4. The molecule has 1 aromatic rings. The minimum Gasteiger partial charge on any atom is -0.505 e. The standard InChI is InChI=1S/C15H22N2O2/c1-9-7-10(2)13(18)11(8-9)17-14(19)15(3)6-4-5-12(15)16/h7-8,12,18H,4-6,16H2,1-3H3,(H,17,19). The molecule has 0 spiro atoms. The van der Waals surface area contributed by atoms with Gasteiger partial charge in [-0.05, 0) is 50.8 Å².